The molecule has 0 saturated carbocycles. The largest absolute Gasteiger partial charge is 0.310 e. The van der Waals surface area contributed by atoms with Crippen LogP contribution in [0.3, 0.4) is 0 Å². The molecule has 0 aliphatic carbocycles. The van der Waals surface area contributed by atoms with E-state index in [0.717, 1.165) is 22.7 Å². The van der Waals surface area contributed by atoms with Gasteiger partial charge in [0.15, 0.2) is 0 Å². The van der Waals surface area contributed by atoms with Crippen molar-refractivity contribution in [1.82, 2.24) is 4.57 Å². The quantitative estimate of drug-likeness (QED) is 0.161. The Bertz CT molecular complexity index is 2770. The first-order valence-electron chi connectivity index (χ1n) is 17.9. The van der Waals surface area contributed by atoms with Gasteiger partial charge in [0, 0.05) is 33.2 Å². The second-order valence-electron chi connectivity index (χ2n) is 13.4. The van der Waals surface area contributed by atoms with Gasteiger partial charge in [-0.1, -0.05) is 146 Å². The van der Waals surface area contributed by atoms with Gasteiger partial charge < -0.3 is 9.47 Å². The van der Waals surface area contributed by atoms with Gasteiger partial charge in [-0.25, -0.2) is 0 Å². The highest BCUT2D eigenvalue weighted by Gasteiger charge is 2.19. The Balaban J connectivity index is 1.18. The maximum atomic E-state index is 2.40. The first kappa shape index (κ1) is 30.0. The summed E-state index contributed by atoms with van der Waals surface area (Å²) >= 11 is 0. The third-order valence-corrected chi connectivity index (χ3v) is 10.4. The standard InChI is InChI=1S/C50H34N2/c1-4-13-35(14-5-1)37-23-28-41(29-24-37)51(42-30-25-38(26-31-42)36-15-6-2-7-16-36)48-22-12-20-43-45(48)32-27-39-33-47-44-19-10-11-21-49(44)52(50(47)34-46(39)43)40-17-8-3-9-18-40/h1-34H. The zero-order valence-corrected chi connectivity index (χ0v) is 28.5. The lowest BCUT2D eigenvalue weighted by Crippen LogP contribution is -2.10. The Hall–Kier alpha value is -6.90. The Morgan fingerprint density at radius 1 is 0.308 bits per heavy atom. The molecule has 9 aromatic carbocycles. The lowest BCUT2D eigenvalue weighted by atomic mass is 9.97. The van der Waals surface area contributed by atoms with Crippen molar-refractivity contribution in [1.29, 1.82) is 0 Å². The van der Waals surface area contributed by atoms with Crippen LogP contribution in [0, 0.1) is 0 Å². The third kappa shape index (κ3) is 5.04. The Morgan fingerprint density at radius 3 is 1.48 bits per heavy atom. The van der Waals surface area contributed by atoms with Crippen molar-refractivity contribution < 1.29 is 0 Å². The van der Waals surface area contributed by atoms with Crippen LogP contribution >= 0.6 is 0 Å². The Kier molecular flexibility index (Phi) is 7.18. The van der Waals surface area contributed by atoms with Crippen molar-refractivity contribution in [2.45, 2.75) is 0 Å². The van der Waals surface area contributed by atoms with E-state index in [1.165, 1.54) is 65.6 Å². The summed E-state index contributed by atoms with van der Waals surface area (Å²) in [5.74, 6) is 0. The van der Waals surface area contributed by atoms with E-state index in [0.29, 0.717) is 0 Å². The molecular formula is C50H34N2. The smallest absolute Gasteiger partial charge is 0.0547 e. The van der Waals surface area contributed by atoms with E-state index in [9.17, 15) is 0 Å². The number of nitrogens with zero attached hydrogens (tertiary/aromatic N) is 2. The first-order chi connectivity index (χ1) is 25.8. The molecule has 0 bridgehead atoms. The molecule has 0 radical (unpaired) electrons. The van der Waals surface area contributed by atoms with Crippen LogP contribution < -0.4 is 4.90 Å². The van der Waals surface area contributed by atoms with Gasteiger partial charge >= 0.3 is 0 Å². The second kappa shape index (κ2) is 12.5. The summed E-state index contributed by atoms with van der Waals surface area (Å²) in [5, 5.41) is 7.44. The summed E-state index contributed by atoms with van der Waals surface area (Å²) in [7, 11) is 0. The van der Waals surface area contributed by atoms with Gasteiger partial charge in [0.2, 0.25) is 0 Å². The summed E-state index contributed by atoms with van der Waals surface area (Å²) in [5.41, 5.74) is 11.8. The summed E-state index contributed by atoms with van der Waals surface area (Å²) in [6.45, 7) is 0. The molecule has 52 heavy (non-hydrogen) atoms. The number of fused-ring (bicyclic) bond motifs is 6. The molecule has 1 heterocycles. The fourth-order valence-corrected chi connectivity index (χ4v) is 7.88. The molecule has 0 aliphatic rings. The lowest BCUT2D eigenvalue weighted by Gasteiger charge is -2.27. The second-order valence-corrected chi connectivity index (χ2v) is 13.4. The van der Waals surface area contributed by atoms with Gasteiger partial charge in [-0.2, -0.15) is 0 Å². The minimum Gasteiger partial charge on any atom is -0.310 e. The van der Waals surface area contributed by atoms with Crippen molar-refractivity contribution in [3.05, 3.63) is 206 Å². The van der Waals surface area contributed by atoms with Crippen molar-refractivity contribution in [2.24, 2.45) is 0 Å². The molecule has 0 unspecified atom stereocenters. The van der Waals surface area contributed by atoms with E-state index in [1.807, 2.05) is 0 Å². The molecule has 2 heteroatoms. The van der Waals surface area contributed by atoms with Crippen molar-refractivity contribution >= 4 is 60.4 Å². The fraction of sp³-hybridized carbons (Fsp3) is 0. The monoisotopic (exact) mass is 662 g/mol. The number of anilines is 3. The van der Waals surface area contributed by atoms with Crippen molar-refractivity contribution in [3.8, 4) is 27.9 Å². The van der Waals surface area contributed by atoms with E-state index >= 15 is 0 Å². The highest BCUT2D eigenvalue weighted by molar-refractivity contribution is 6.20. The Labute approximate surface area is 303 Å². The van der Waals surface area contributed by atoms with Crippen LogP contribution in [0.1, 0.15) is 0 Å². The lowest BCUT2D eigenvalue weighted by molar-refractivity contribution is 1.18. The van der Waals surface area contributed by atoms with Crippen molar-refractivity contribution in [3.63, 3.8) is 0 Å². The minimum absolute atomic E-state index is 1.11. The van der Waals surface area contributed by atoms with E-state index in [2.05, 4.69) is 216 Å². The van der Waals surface area contributed by atoms with Gasteiger partial charge in [0.25, 0.3) is 0 Å². The van der Waals surface area contributed by atoms with Gasteiger partial charge in [-0.05, 0) is 99.1 Å². The summed E-state index contributed by atoms with van der Waals surface area (Å²) in [6, 6.07) is 74.6. The van der Waals surface area contributed by atoms with Crippen LogP contribution in [0.15, 0.2) is 206 Å². The molecule has 0 N–H and O–H groups in total. The van der Waals surface area contributed by atoms with E-state index in [1.54, 1.807) is 0 Å². The van der Waals surface area contributed by atoms with Crippen LogP contribution in [0.2, 0.25) is 0 Å². The molecule has 244 valence electrons. The SMILES string of the molecule is c1ccc(-c2ccc(N(c3ccc(-c4ccccc4)cc3)c3cccc4c3ccc3cc5c6ccccc6n(-c6ccccc6)c5cc34)cc2)cc1. The molecule has 10 rings (SSSR count). The first-order valence-corrected chi connectivity index (χ1v) is 17.9. The van der Waals surface area contributed by atoms with Crippen molar-refractivity contribution in [2.75, 3.05) is 4.90 Å². The predicted molar refractivity (Wildman–Crippen MR) is 221 cm³/mol. The zero-order chi connectivity index (χ0) is 34.4. The summed E-state index contributed by atoms with van der Waals surface area (Å²) in [4.78, 5) is 2.40. The van der Waals surface area contributed by atoms with Crippen LogP contribution in [-0.2, 0) is 0 Å². The highest BCUT2D eigenvalue weighted by Crippen LogP contribution is 2.43. The number of benzene rings is 9. The third-order valence-electron chi connectivity index (χ3n) is 10.4. The van der Waals surface area contributed by atoms with Crippen LogP contribution in [0.5, 0.6) is 0 Å². The zero-order valence-electron chi connectivity index (χ0n) is 28.5. The predicted octanol–water partition coefficient (Wildman–Crippen LogP) is 13.9. The number of hydrogen-bond donors (Lipinski definition) is 0. The number of hydrogen-bond acceptors (Lipinski definition) is 1. The van der Waals surface area contributed by atoms with E-state index in [4.69, 9.17) is 0 Å². The number of rotatable bonds is 6. The summed E-state index contributed by atoms with van der Waals surface area (Å²) in [6.07, 6.45) is 0. The van der Waals surface area contributed by atoms with Gasteiger partial charge in [-0.3, -0.25) is 0 Å². The molecule has 2 nitrogen and oxygen atoms in total. The average molecular weight is 663 g/mol. The highest BCUT2D eigenvalue weighted by atomic mass is 15.1. The normalized spacial score (nSPS) is 11.5. The molecule has 0 spiro atoms. The molecule has 0 aliphatic heterocycles. The van der Waals surface area contributed by atoms with E-state index < -0.39 is 0 Å². The summed E-state index contributed by atoms with van der Waals surface area (Å²) < 4.78 is 2.40. The molecule has 1 aromatic heterocycles. The maximum absolute atomic E-state index is 2.40. The molecular weight excluding hydrogens is 629 g/mol. The van der Waals surface area contributed by atoms with Crippen LogP contribution in [0.25, 0.3) is 71.3 Å². The topological polar surface area (TPSA) is 8.17 Å². The minimum atomic E-state index is 1.11. The van der Waals surface area contributed by atoms with Gasteiger partial charge in [0.05, 0.1) is 16.7 Å². The average Bonchev–Trinajstić information content (AvgIpc) is 3.55. The van der Waals surface area contributed by atoms with Crippen LogP contribution in [0.4, 0.5) is 17.1 Å². The fourth-order valence-electron chi connectivity index (χ4n) is 7.88. The molecule has 0 saturated heterocycles. The van der Waals surface area contributed by atoms with Gasteiger partial charge in [-0.15, -0.1) is 0 Å². The maximum Gasteiger partial charge on any atom is 0.0547 e. The molecule has 0 fully saturated rings. The number of para-hydroxylation sites is 2. The molecule has 0 amide bonds. The van der Waals surface area contributed by atoms with Gasteiger partial charge in [0.1, 0.15) is 0 Å². The molecule has 0 atom stereocenters. The number of aromatic nitrogens is 1. The van der Waals surface area contributed by atoms with E-state index in [-0.39, 0.29) is 0 Å². The van der Waals surface area contributed by atoms with Crippen LogP contribution in [-0.4, -0.2) is 4.57 Å². The Morgan fingerprint density at radius 2 is 0.846 bits per heavy atom. The molecule has 10 aromatic rings.